The van der Waals surface area contributed by atoms with Crippen molar-refractivity contribution in [2.45, 2.75) is 26.1 Å². The molecule has 0 saturated heterocycles. The molecule has 0 aromatic heterocycles. The standard InChI is InChI=1S/C6H14O6S2/c1-4-5-6(11-13(2,7)8)12-14(3,9)10/h6H,4-5H2,1-3H3. The second-order valence-corrected chi connectivity index (χ2v) is 6.02. The molecule has 0 rings (SSSR count). The Labute approximate surface area is 84.5 Å². The van der Waals surface area contributed by atoms with Crippen LogP contribution in [0, 0.1) is 0 Å². The van der Waals surface area contributed by atoms with E-state index in [1.165, 1.54) is 0 Å². The van der Waals surface area contributed by atoms with Gasteiger partial charge in [-0.05, 0) is 0 Å². The molecule has 86 valence electrons. The average molecular weight is 246 g/mol. The van der Waals surface area contributed by atoms with Gasteiger partial charge in [-0.2, -0.15) is 16.8 Å². The van der Waals surface area contributed by atoms with Crippen molar-refractivity contribution in [2.24, 2.45) is 0 Å². The molecular weight excluding hydrogens is 232 g/mol. The molecular formula is C6H14O6S2. The molecule has 0 aliphatic heterocycles. The van der Waals surface area contributed by atoms with Crippen molar-refractivity contribution in [1.29, 1.82) is 0 Å². The van der Waals surface area contributed by atoms with Gasteiger partial charge < -0.3 is 0 Å². The molecule has 0 fully saturated rings. The molecule has 0 saturated carbocycles. The summed E-state index contributed by atoms with van der Waals surface area (Å²) in [5.74, 6) is 0. The molecule has 0 unspecified atom stereocenters. The Morgan fingerprint density at radius 2 is 1.36 bits per heavy atom. The first kappa shape index (κ1) is 13.8. The van der Waals surface area contributed by atoms with Gasteiger partial charge in [0.25, 0.3) is 20.2 Å². The lowest BCUT2D eigenvalue weighted by Crippen LogP contribution is -2.23. The zero-order valence-corrected chi connectivity index (χ0v) is 9.89. The minimum Gasteiger partial charge on any atom is -0.237 e. The fraction of sp³-hybridized carbons (Fsp3) is 1.00. The topological polar surface area (TPSA) is 86.7 Å². The summed E-state index contributed by atoms with van der Waals surface area (Å²) < 4.78 is 51.7. The van der Waals surface area contributed by atoms with Gasteiger partial charge in [-0.3, -0.25) is 0 Å². The Morgan fingerprint density at radius 1 is 1.00 bits per heavy atom. The lowest BCUT2D eigenvalue weighted by Gasteiger charge is -2.13. The molecule has 0 aliphatic rings. The molecule has 0 spiro atoms. The zero-order valence-electron chi connectivity index (χ0n) is 8.26. The van der Waals surface area contributed by atoms with Crippen LogP contribution in [0.15, 0.2) is 0 Å². The monoisotopic (exact) mass is 246 g/mol. The second kappa shape index (κ2) is 5.06. The van der Waals surface area contributed by atoms with Crippen LogP contribution in [0.2, 0.25) is 0 Å². The predicted molar refractivity (Wildman–Crippen MR) is 50.6 cm³/mol. The largest absolute Gasteiger partial charge is 0.266 e. The lowest BCUT2D eigenvalue weighted by molar-refractivity contribution is 0.0119. The Balaban J connectivity index is 4.46. The smallest absolute Gasteiger partial charge is 0.237 e. The van der Waals surface area contributed by atoms with Crippen LogP contribution in [0.5, 0.6) is 0 Å². The van der Waals surface area contributed by atoms with Crippen molar-refractivity contribution < 1.29 is 25.2 Å². The normalized spacial score (nSPS) is 13.4. The van der Waals surface area contributed by atoms with Crippen LogP contribution in [0.3, 0.4) is 0 Å². The number of hydrogen-bond donors (Lipinski definition) is 0. The van der Waals surface area contributed by atoms with E-state index in [1.54, 1.807) is 6.92 Å². The van der Waals surface area contributed by atoms with Gasteiger partial charge >= 0.3 is 0 Å². The van der Waals surface area contributed by atoms with E-state index < -0.39 is 26.5 Å². The molecule has 0 aromatic rings. The van der Waals surface area contributed by atoms with Crippen LogP contribution in [-0.4, -0.2) is 35.6 Å². The van der Waals surface area contributed by atoms with E-state index in [0.29, 0.717) is 6.42 Å². The minimum atomic E-state index is -3.71. The van der Waals surface area contributed by atoms with Gasteiger partial charge in [0.15, 0.2) is 6.29 Å². The third kappa shape index (κ3) is 8.42. The minimum absolute atomic E-state index is 0.195. The van der Waals surface area contributed by atoms with E-state index in [-0.39, 0.29) is 6.42 Å². The van der Waals surface area contributed by atoms with Crippen LogP contribution in [0.4, 0.5) is 0 Å². The van der Waals surface area contributed by atoms with E-state index >= 15 is 0 Å². The molecule has 8 heteroatoms. The maximum absolute atomic E-state index is 10.7. The van der Waals surface area contributed by atoms with Gasteiger partial charge in [0.1, 0.15) is 0 Å². The zero-order chi connectivity index (χ0) is 11.4. The average Bonchev–Trinajstić information content (AvgIpc) is 1.78. The highest BCUT2D eigenvalue weighted by molar-refractivity contribution is 7.86. The van der Waals surface area contributed by atoms with Crippen molar-refractivity contribution in [3.63, 3.8) is 0 Å². The molecule has 14 heavy (non-hydrogen) atoms. The van der Waals surface area contributed by atoms with E-state index in [4.69, 9.17) is 0 Å². The highest BCUT2D eigenvalue weighted by atomic mass is 32.2. The lowest BCUT2D eigenvalue weighted by atomic mass is 10.3. The SMILES string of the molecule is CCCC(OS(C)(=O)=O)OS(C)(=O)=O. The highest BCUT2D eigenvalue weighted by Crippen LogP contribution is 2.09. The molecule has 0 radical (unpaired) electrons. The Hall–Kier alpha value is -0.180. The molecule has 0 aromatic carbocycles. The molecule has 0 heterocycles. The van der Waals surface area contributed by atoms with Gasteiger partial charge in [0.2, 0.25) is 0 Å². The number of rotatable bonds is 6. The summed E-state index contributed by atoms with van der Waals surface area (Å²) in [6, 6.07) is 0. The summed E-state index contributed by atoms with van der Waals surface area (Å²) >= 11 is 0. The summed E-state index contributed by atoms with van der Waals surface area (Å²) in [5.41, 5.74) is 0. The van der Waals surface area contributed by atoms with Crippen molar-refractivity contribution in [2.75, 3.05) is 12.5 Å². The summed E-state index contributed by atoms with van der Waals surface area (Å²) in [5, 5.41) is 0. The maximum Gasteiger partial charge on any atom is 0.266 e. The van der Waals surface area contributed by atoms with Crippen molar-refractivity contribution >= 4 is 20.2 Å². The van der Waals surface area contributed by atoms with Crippen molar-refractivity contribution in [3.8, 4) is 0 Å². The number of hydrogen-bond acceptors (Lipinski definition) is 6. The fourth-order valence-electron chi connectivity index (χ4n) is 0.738. The van der Waals surface area contributed by atoms with E-state index in [2.05, 4.69) is 8.37 Å². The highest BCUT2D eigenvalue weighted by Gasteiger charge is 2.19. The Kier molecular flexibility index (Phi) is 4.99. The summed E-state index contributed by atoms with van der Waals surface area (Å²) in [6.45, 7) is 1.75. The first-order valence-electron chi connectivity index (χ1n) is 3.90. The van der Waals surface area contributed by atoms with Crippen LogP contribution in [0.25, 0.3) is 0 Å². The Morgan fingerprint density at radius 3 is 1.57 bits per heavy atom. The summed E-state index contributed by atoms with van der Waals surface area (Å²) in [6.07, 6.45) is 1.16. The first-order valence-corrected chi connectivity index (χ1v) is 7.54. The van der Waals surface area contributed by atoms with Gasteiger partial charge in [-0.1, -0.05) is 13.3 Å². The summed E-state index contributed by atoms with van der Waals surface area (Å²) in [7, 11) is -7.41. The third-order valence-corrected chi connectivity index (χ3v) is 2.22. The molecule has 0 N–H and O–H groups in total. The van der Waals surface area contributed by atoms with Crippen LogP contribution < -0.4 is 0 Å². The molecule has 0 aliphatic carbocycles. The van der Waals surface area contributed by atoms with Gasteiger partial charge in [0, 0.05) is 6.42 Å². The molecule has 0 atom stereocenters. The van der Waals surface area contributed by atoms with Gasteiger partial charge in [-0.25, -0.2) is 8.37 Å². The predicted octanol–water partition coefficient (Wildman–Crippen LogP) is 0.0650. The Bertz CT molecular complexity index is 320. The third-order valence-electron chi connectivity index (χ3n) is 1.09. The van der Waals surface area contributed by atoms with Crippen LogP contribution in [-0.2, 0) is 28.6 Å². The summed E-state index contributed by atoms with van der Waals surface area (Å²) in [4.78, 5) is 0. The van der Waals surface area contributed by atoms with Crippen molar-refractivity contribution in [1.82, 2.24) is 0 Å². The van der Waals surface area contributed by atoms with Crippen LogP contribution >= 0.6 is 0 Å². The second-order valence-electron chi connectivity index (χ2n) is 2.82. The van der Waals surface area contributed by atoms with Crippen molar-refractivity contribution in [3.05, 3.63) is 0 Å². The quantitative estimate of drug-likeness (QED) is 0.486. The fourth-order valence-corrected chi connectivity index (χ4v) is 1.84. The van der Waals surface area contributed by atoms with Crippen LogP contribution in [0.1, 0.15) is 19.8 Å². The van der Waals surface area contributed by atoms with Gasteiger partial charge in [0.05, 0.1) is 12.5 Å². The van der Waals surface area contributed by atoms with Gasteiger partial charge in [-0.15, -0.1) is 0 Å². The van der Waals surface area contributed by atoms with E-state index in [1.807, 2.05) is 0 Å². The first-order chi connectivity index (χ1) is 6.14. The molecule has 0 amide bonds. The molecule has 6 nitrogen and oxygen atoms in total. The van der Waals surface area contributed by atoms with E-state index in [9.17, 15) is 16.8 Å². The molecule has 0 bridgehead atoms. The van der Waals surface area contributed by atoms with E-state index in [0.717, 1.165) is 12.5 Å². The maximum atomic E-state index is 10.7.